The van der Waals surface area contributed by atoms with Crippen LogP contribution in [0, 0.1) is 5.92 Å². The first kappa shape index (κ1) is 13.5. The summed E-state index contributed by atoms with van der Waals surface area (Å²) in [4.78, 5) is 0. The van der Waals surface area contributed by atoms with E-state index in [0.29, 0.717) is 5.56 Å². The van der Waals surface area contributed by atoms with Crippen LogP contribution >= 0.6 is 0 Å². The molecule has 1 aromatic rings. The molecule has 0 aromatic heterocycles. The van der Waals surface area contributed by atoms with Gasteiger partial charge in [0, 0.05) is 23.6 Å². The molecule has 3 N–H and O–H groups in total. The van der Waals surface area contributed by atoms with Crippen molar-refractivity contribution in [1.82, 2.24) is 0 Å². The molecule has 0 fully saturated rings. The van der Waals surface area contributed by atoms with Crippen LogP contribution in [0.5, 0.6) is 17.2 Å². The monoisotopic (exact) mass is 260 g/mol. The molecule has 0 radical (unpaired) electrons. The molecule has 19 heavy (non-hydrogen) atoms. The second-order valence-electron chi connectivity index (χ2n) is 5.43. The molecule has 3 heteroatoms. The Bertz CT molecular complexity index is 520. The number of aromatic hydroxyl groups is 3. The predicted molar refractivity (Wildman–Crippen MR) is 75.5 cm³/mol. The molecule has 0 saturated heterocycles. The second-order valence-corrected chi connectivity index (χ2v) is 5.43. The van der Waals surface area contributed by atoms with Crippen molar-refractivity contribution in [2.24, 2.45) is 5.92 Å². The summed E-state index contributed by atoms with van der Waals surface area (Å²) in [6.45, 7) is 8.04. The van der Waals surface area contributed by atoms with Gasteiger partial charge in [-0.15, -0.1) is 0 Å². The first-order valence-corrected chi connectivity index (χ1v) is 6.47. The van der Waals surface area contributed by atoms with Crippen molar-refractivity contribution >= 4 is 0 Å². The average Bonchev–Trinajstić information content (AvgIpc) is 2.27. The maximum Gasteiger partial charge on any atom is 0.126 e. The molecule has 0 saturated carbocycles. The van der Waals surface area contributed by atoms with Crippen LogP contribution in [0.1, 0.15) is 38.2 Å². The highest BCUT2D eigenvalue weighted by molar-refractivity contribution is 5.53. The van der Waals surface area contributed by atoms with Gasteiger partial charge in [0.1, 0.15) is 17.2 Å². The summed E-state index contributed by atoms with van der Waals surface area (Å²) in [5.41, 5.74) is 2.76. The van der Waals surface area contributed by atoms with Crippen LogP contribution in [0.4, 0.5) is 0 Å². The van der Waals surface area contributed by atoms with Gasteiger partial charge in [-0.3, -0.25) is 0 Å². The van der Waals surface area contributed by atoms with Crippen molar-refractivity contribution in [2.45, 2.75) is 32.6 Å². The topological polar surface area (TPSA) is 60.7 Å². The Balaban J connectivity index is 2.54. The molecule has 0 amide bonds. The SMILES string of the molecule is C=C(C)[C@@H]1CCC(C)=CC1c1c(O)cc(O)cc1O. The van der Waals surface area contributed by atoms with Gasteiger partial charge < -0.3 is 15.3 Å². The minimum absolute atomic E-state index is 0.0697. The summed E-state index contributed by atoms with van der Waals surface area (Å²) in [6.07, 6.45) is 4.05. The van der Waals surface area contributed by atoms with Crippen LogP contribution in [-0.4, -0.2) is 15.3 Å². The minimum atomic E-state index is -0.137. The van der Waals surface area contributed by atoms with Crippen LogP contribution < -0.4 is 0 Å². The number of phenols is 3. The average molecular weight is 260 g/mol. The molecule has 1 aliphatic rings. The molecule has 1 unspecified atom stereocenters. The number of phenolic OH excluding ortho intramolecular Hbond substituents is 3. The van der Waals surface area contributed by atoms with Gasteiger partial charge in [-0.1, -0.05) is 23.8 Å². The van der Waals surface area contributed by atoms with Crippen molar-refractivity contribution in [3.63, 3.8) is 0 Å². The lowest BCUT2D eigenvalue weighted by Crippen LogP contribution is -2.17. The normalized spacial score (nSPS) is 22.9. The Hall–Kier alpha value is -1.90. The molecule has 0 heterocycles. The summed E-state index contributed by atoms with van der Waals surface area (Å²) in [6, 6.07) is 2.53. The lowest BCUT2D eigenvalue weighted by atomic mass is 9.74. The molecular formula is C16H20O3. The summed E-state index contributed by atoms with van der Waals surface area (Å²) in [5.74, 6) is -0.168. The van der Waals surface area contributed by atoms with E-state index in [2.05, 4.69) is 19.6 Å². The molecular weight excluding hydrogens is 240 g/mol. The predicted octanol–water partition coefficient (Wildman–Crippen LogP) is 3.82. The third kappa shape index (κ3) is 2.60. The molecule has 0 aliphatic heterocycles. The van der Waals surface area contributed by atoms with Crippen molar-refractivity contribution in [3.8, 4) is 17.2 Å². The molecule has 102 valence electrons. The lowest BCUT2D eigenvalue weighted by molar-refractivity contribution is 0.396. The largest absolute Gasteiger partial charge is 0.508 e. The van der Waals surface area contributed by atoms with Crippen LogP contribution in [-0.2, 0) is 0 Å². The molecule has 1 aromatic carbocycles. The third-order valence-corrected chi connectivity index (χ3v) is 3.83. The molecule has 0 bridgehead atoms. The summed E-state index contributed by atoms with van der Waals surface area (Å²) in [7, 11) is 0. The Kier molecular flexibility index (Phi) is 3.56. The maximum absolute atomic E-state index is 10.0. The van der Waals surface area contributed by atoms with E-state index in [9.17, 15) is 15.3 Å². The fourth-order valence-electron chi connectivity index (χ4n) is 2.86. The molecule has 1 aliphatic carbocycles. The number of rotatable bonds is 2. The van der Waals surface area contributed by atoms with Gasteiger partial charge in [0.25, 0.3) is 0 Å². The van der Waals surface area contributed by atoms with Crippen LogP contribution in [0.25, 0.3) is 0 Å². The van der Waals surface area contributed by atoms with E-state index in [-0.39, 0.29) is 29.1 Å². The quantitative estimate of drug-likeness (QED) is 0.708. The summed E-state index contributed by atoms with van der Waals surface area (Å²) < 4.78 is 0. The van der Waals surface area contributed by atoms with Crippen LogP contribution in [0.2, 0.25) is 0 Å². The van der Waals surface area contributed by atoms with E-state index in [1.165, 1.54) is 17.7 Å². The number of hydrogen-bond donors (Lipinski definition) is 3. The third-order valence-electron chi connectivity index (χ3n) is 3.83. The van der Waals surface area contributed by atoms with E-state index in [0.717, 1.165) is 18.4 Å². The highest BCUT2D eigenvalue weighted by Gasteiger charge is 2.30. The van der Waals surface area contributed by atoms with Gasteiger partial charge in [0.2, 0.25) is 0 Å². The Morgan fingerprint density at radius 1 is 1.21 bits per heavy atom. The van der Waals surface area contributed by atoms with Crippen LogP contribution in [0.3, 0.4) is 0 Å². The zero-order valence-electron chi connectivity index (χ0n) is 11.3. The van der Waals surface area contributed by atoms with E-state index < -0.39 is 0 Å². The van der Waals surface area contributed by atoms with E-state index in [1.54, 1.807) is 0 Å². The Labute approximate surface area is 113 Å². The van der Waals surface area contributed by atoms with Gasteiger partial charge >= 0.3 is 0 Å². The summed E-state index contributed by atoms with van der Waals surface area (Å²) in [5, 5.41) is 29.5. The highest BCUT2D eigenvalue weighted by Crippen LogP contribution is 2.47. The molecule has 2 rings (SSSR count). The molecule has 2 atom stereocenters. The fraction of sp³-hybridized carbons (Fsp3) is 0.375. The molecule has 3 nitrogen and oxygen atoms in total. The van der Waals surface area contributed by atoms with Crippen molar-refractivity contribution < 1.29 is 15.3 Å². The fourth-order valence-corrected chi connectivity index (χ4v) is 2.86. The van der Waals surface area contributed by atoms with Gasteiger partial charge in [-0.25, -0.2) is 0 Å². The van der Waals surface area contributed by atoms with Gasteiger partial charge in [0.15, 0.2) is 0 Å². The van der Waals surface area contributed by atoms with E-state index in [4.69, 9.17) is 0 Å². The van der Waals surface area contributed by atoms with Crippen molar-refractivity contribution in [1.29, 1.82) is 0 Å². The Morgan fingerprint density at radius 3 is 2.32 bits per heavy atom. The number of hydrogen-bond acceptors (Lipinski definition) is 3. The minimum Gasteiger partial charge on any atom is -0.508 e. The lowest BCUT2D eigenvalue weighted by Gasteiger charge is -2.31. The highest BCUT2D eigenvalue weighted by atomic mass is 16.3. The van der Waals surface area contributed by atoms with Crippen LogP contribution in [0.15, 0.2) is 35.9 Å². The van der Waals surface area contributed by atoms with E-state index in [1.807, 2.05) is 6.92 Å². The zero-order valence-corrected chi connectivity index (χ0v) is 11.3. The van der Waals surface area contributed by atoms with Gasteiger partial charge in [-0.2, -0.15) is 0 Å². The smallest absolute Gasteiger partial charge is 0.126 e. The maximum atomic E-state index is 10.0. The number of allylic oxidation sites excluding steroid dienone is 3. The zero-order chi connectivity index (χ0) is 14.2. The van der Waals surface area contributed by atoms with Gasteiger partial charge in [-0.05, 0) is 32.6 Å². The number of benzene rings is 1. The standard InChI is InChI=1S/C16H20O3/c1-9(2)12-5-4-10(3)6-13(12)16-14(18)7-11(17)8-15(16)19/h6-8,12-13,17-19H,1,4-5H2,2-3H3/t12-,13?/m0/s1. The van der Waals surface area contributed by atoms with Gasteiger partial charge in [0.05, 0.1) is 0 Å². The van der Waals surface area contributed by atoms with E-state index >= 15 is 0 Å². The van der Waals surface area contributed by atoms with Crippen molar-refractivity contribution in [3.05, 3.63) is 41.5 Å². The Morgan fingerprint density at radius 2 is 1.79 bits per heavy atom. The first-order valence-electron chi connectivity index (χ1n) is 6.47. The van der Waals surface area contributed by atoms with Crippen molar-refractivity contribution in [2.75, 3.05) is 0 Å². The second kappa shape index (κ2) is 5.00. The molecule has 0 spiro atoms. The first-order chi connectivity index (χ1) is 8.90. The summed E-state index contributed by atoms with van der Waals surface area (Å²) >= 11 is 0.